The van der Waals surface area contributed by atoms with Gasteiger partial charge in [-0.25, -0.2) is 0 Å². The van der Waals surface area contributed by atoms with E-state index in [0.717, 1.165) is 31.1 Å². The van der Waals surface area contributed by atoms with Crippen molar-refractivity contribution in [3.8, 4) is 0 Å². The van der Waals surface area contributed by atoms with Gasteiger partial charge < -0.3 is 9.84 Å². The summed E-state index contributed by atoms with van der Waals surface area (Å²) in [6.07, 6.45) is 1.65. The van der Waals surface area contributed by atoms with Crippen LogP contribution >= 0.6 is 0 Å². The summed E-state index contributed by atoms with van der Waals surface area (Å²) in [6, 6.07) is 0. The third kappa shape index (κ3) is 2.31. The Morgan fingerprint density at radius 2 is 2.36 bits per heavy atom. The van der Waals surface area contributed by atoms with E-state index in [9.17, 15) is 0 Å². The maximum atomic E-state index is 4.92. The van der Waals surface area contributed by atoms with Crippen LogP contribution < -0.4 is 5.32 Å². The Hall–Kier alpha value is -0.900. The van der Waals surface area contributed by atoms with Crippen LogP contribution in [0.5, 0.6) is 0 Å². The SMILES string of the molecule is CCc1nc(CCNC)no1. The van der Waals surface area contributed by atoms with Crippen LogP contribution in [-0.4, -0.2) is 23.7 Å². The van der Waals surface area contributed by atoms with Crippen molar-refractivity contribution in [2.45, 2.75) is 19.8 Å². The number of nitrogens with one attached hydrogen (secondary N) is 1. The van der Waals surface area contributed by atoms with Crippen LogP contribution in [0.2, 0.25) is 0 Å². The standard InChI is InChI=1S/C7H13N3O/c1-3-7-9-6(10-11-7)4-5-8-2/h8H,3-5H2,1-2H3. The highest BCUT2D eigenvalue weighted by molar-refractivity contribution is 4.86. The Morgan fingerprint density at radius 1 is 1.55 bits per heavy atom. The van der Waals surface area contributed by atoms with Crippen molar-refractivity contribution < 1.29 is 4.52 Å². The first-order valence-corrected chi connectivity index (χ1v) is 3.83. The monoisotopic (exact) mass is 155 g/mol. The molecule has 0 fully saturated rings. The first-order valence-electron chi connectivity index (χ1n) is 3.83. The lowest BCUT2D eigenvalue weighted by atomic mass is 10.4. The molecule has 62 valence electrons. The van der Waals surface area contributed by atoms with Crippen molar-refractivity contribution >= 4 is 0 Å². The Kier molecular flexibility index (Phi) is 3.04. The van der Waals surface area contributed by atoms with Gasteiger partial charge in [-0.05, 0) is 7.05 Å². The van der Waals surface area contributed by atoms with Crippen molar-refractivity contribution in [1.82, 2.24) is 15.5 Å². The zero-order chi connectivity index (χ0) is 8.10. The van der Waals surface area contributed by atoms with Crippen molar-refractivity contribution in [2.75, 3.05) is 13.6 Å². The minimum atomic E-state index is 0.719. The Bertz CT molecular complexity index is 209. The van der Waals surface area contributed by atoms with Crippen LogP contribution in [0.4, 0.5) is 0 Å². The Balaban J connectivity index is 2.44. The van der Waals surface area contributed by atoms with Gasteiger partial charge in [0.15, 0.2) is 5.82 Å². The van der Waals surface area contributed by atoms with Gasteiger partial charge in [0.05, 0.1) is 0 Å². The molecule has 0 aliphatic rings. The van der Waals surface area contributed by atoms with E-state index in [1.54, 1.807) is 0 Å². The second-order valence-corrected chi connectivity index (χ2v) is 2.31. The van der Waals surface area contributed by atoms with Crippen LogP contribution in [0, 0.1) is 0 Å². The molecule has 0 amide bonds. The third-order valence-electron chi connectivity index (χ3n) is 1.41. The molecule has 0 saturated heterocycles. The predicted molar refractivity (Wildman–Crippen MR) is 41.3 cm³/mol. The lowest BCUT2D eigenvalue weighted by Crippen LogP contribution is -2.11. The van der Waals surface area contributed by atoms with E-state index in [1.807, 2.05) is 14.0 Å². The molecule has 1 aromatic heterocycles. The second kappa shape index (κ2) is 4.08. The molecule has 1 rings (SSSR count). The van der Waals surface area contributed by atoms with Crippen molar-refractivity contribution in [3.63, 3.8) is 0 Å². The molecule has 0 bridgehead atoms. The molecule has 0 unspecified atom stereocenters. The quantitative estimate of drug-likeness (QED) is 0.683. The maximum absolute atomic E-state index is 4.92. The fourth-order valence-corrected chi connectivity index (χ4v) is 0.772. The fourth-order valence-electron chi connectivity index (χ4n) is 0.772. The molecule has 1 heterocycles. The van der Waals surface area contributed by atoms with E-state index < -0.39 is 0 Å². The molecule has 0 radical (unpaired) electrons. The normalized spacial score (nSPS) is 10.4. The van der Waals surface area contributed by atoms with E-state index in [-0.39, 0.29) is 0 Å². The molecule has 1 aromatic rings. The summed E-state index contributed by atoms with van der Waals surface area (Å²) in [5, 5.41) is 6.82. The summed E-state index contributed by atoms with van der Waals surface area (Å²) < 4.78 is 4.92. The molecular weight excluding hydrogens is 142 g/mol. The molecule has 0 aliphatic heterocycles. The van der Waals surface area contributed by atoms with Gasteiger partial charge in [0, 0.05) is 19.4 Å². The minimum Gasteiger partial charge on any atom is -0.339 e. The molecule has 1 N–H and O–H groups in total. The number of likely N-dealkylation sites (N-methyl/N-ethyl adjacent to an activating group) is 1. The topological polar surface area (TPSA) is 51.0 Å². The van der Waals surface area contributed by atoms with E-state index >= 15 is 0 Å². The maximum Gasteiger partial charge on any atom is 0.226 e. The lowest BCUT2D eigenvalue weighted by molar-refractivity contribution is 0.376. The lowest BCUT2D eigenvalue weighted by Gasteiger charge is -1.90. The van der Waals surface area contributed by atoms with E-state index in [4.69, 9.17) is 4.52 Å². The van der Waals surface area contributed by atoms with Crippen LogP contribution in [0.15, 0.2) is 4.52 Å². The molecule has 0 saturated carbocycles. The summed E-state index contributed by atoms with van der Waals surface area (Å²) in [6.45, 7) is 2.89. The van der Waals surface area contributed by atoms with E-state index in [2.05, 4.69) is 15.5 Å². The van der Waals surface area contributed by atoms with E-state index in [1.165, 1.54) is 0 Å². The molecule has 4 heteroatoms. The van der Waals surface area contributed by atoms with Crippen molar-refractivity contribution in [2.24, 2.45) is 0 Å². The Labute approximate surface area is 66.0 Å². The zero-order valence-corrected chi connectivity index (χ0v) is 6.92. The van der Waals surface area contributed by atoms with Crippen molar-refractivity contribution in [1.29, 1.82) is 0 Å². The molecular formula is C7H13N3O. The van der Waals surface area contributed by atoms with Gasteiger partial charge in [0.25, 0.3) is 0 Å². The van der Waals surface area contributed by atoms with Gasteiger partial charge in [-0.3, -0.25) is 0 Å². The molecule has 0 spiro atoms. The fraction of sp³-hybridized carbons (Fsp3) is 0.714. The van der Waals surface area contributed by atoms with Gasteiger partial charge >= 0.3 is 0 Å². The number of hydrogen-bond donors (Lipinski definition) is 1. The highest BCUT2D eigenvalue weighted by atomic mass is 16.5. The first-order chi connectivity index (χ1) is 5.36. The predicted octanol–water partition coefficient (Wildman–Crippen LogP) is 0.394. The average Bonchev–Trinajstić information content (AvgIpc) is 2.48. The molecule has 0 aliphatic carbocycles. The van der Waals surface area contributed by atoms with Gasteiger partial charge in [-0.15, -0.1) is 0 Å². The largest absolute Gasteiger partial charge is 0.339 e. The first kappa shape index (κ1) is 8.20. The van der Waals surface area contributed by atoms with Crippen LogP contribution in [0.25, 0.3) is 0 Å². The second-order valence-electron chi connectivity index (χ2n) is 2.31. The summed E-state index contributed by atoms with van der Waals surface area (Å²) >= 11 is 0. The number of nitrogens with zero attached hydrogens (tertiary/aromatic N) is 2. The van der Waals surface area contributed by atoms with Gasteiger partial charge in [-0.1, -0.05) is 12.1 Å². The molecule has 0 aromatic carbocycles. The van der Waals surface area contributed by atoms with Gasteiger partial charge in [0.2, 0.25) is 5.89 Å². The molecule has 0 atom stereocenters. The zero-order valence-electron chi connectivity index (χ0n) is 6.92. The summed E-state index contributed by atoms with van der Waals surface area (Å²) in [5.74, 6) is 1.51. The smallest absolute Gasteiger partial charge is 0.226 e. The third-order valence-corrected chi connectivity index (χ3v) is 1.41. The van der Waals surface area contributed by atoms with Crippen LogP contribution in [-0.2, 0) is 12.8 Å². The highest BCUT2D eigenvalue weighted by Gasteiger charge is 2.01. The van der Waals surface area contributed by atoms with Crippen molar-refractivity contribution in [3.05, 3.63) is 11.7 Å². The highest BCUT2D eigenvalue weighted by Crippen LogP contribution is 1.97. The number of aryl methyl sites for hydroxylation is 1. The van der Waals surface area contributed by atoms with Gasteiger partial charge in [-0.2, -0.15) is 4.98 Å². The summed E-state index contributed by atoms with van der Waals surface area (Å²) in [4.78, 5) is 4.15. The minimum absolute atomic E-state index is 0.719. The van der Waals surface area contributed by atoms with E-state index in [0.29, 0.717) is 0 Å². The summed E-state index contributed by atoms with van der Waals surface area (Å²) in [5.41, 5.74) is 0. The molecule has 11 heavy (non-hydrogen) atoms. The number of aromatic nitrogens is 2. The van der Waals surface area contributed by atoms with Crippen LogP contribution in [0.1, 0.15) is 18.6 Å². The van der Waals surface area contributed by atoms with Gasteiger partial charge in [0.1, 0.15) is 0 Å². The van der Waals surface area contributed by atoms with Crippen LogP contribution in [0.3, 0.4) is 0 Å². The average molecular weight is 155 g/mol. The number of hydrogen-bond acceptors (Lipinski definition) is 4. The molecule has 4 nitrogen and oxygen atoms in total. The Morgan fingerprint density at radius 3 is 2.91 bits per heavy atom. The summed E-state index contributed by atoms with van der Waals surface area (Å²) in [7, 11) is 1.90. The number of rotatable bonds is 4.